The first-order valence-electron chi connectivity index (χ1n) is 9.54. The molecule has 0 radical (unpaired) electrons. The molecule has 0 spiro atoms. The van der Waals surface area contributed by atoms with Crippen molar-refractivity contribution >= 4 is 35.1 Å². The average molecular weight is 439 g/mol. The van der Waals surface area contributed by atoms with Gasteiger partial charge < -0.3 is 9.47 Å². The van der Waals surface area contributed by atoms with Crippen molar-refractivity contribution in [3.8, 4) is 11.5 Å². The van der Waals surface area contributed by atoms with Crippen LogP contribution in [0.4, 0.5) is 0 Å². The molecule has 0 aliphatic carbocycles. The van der Waals surface area contributed by atoms with E-state index in [2.05, 4.69) is 32.0 Å². The van der Waals surface area contributed by atoms with Crippen LogP contribution in [0.2, 0.25) is 10.0 Å². The second-order valence-electron chi connectivity index (χ2n) is 7.44. The maximum Gasteiger partial charge on any atom is 0.232 e. The minimum absolute atomic E-state index is 0.172. The van der Waals surface area contributed by atoms with E-state index in [0.29, 0.717) is 39.3 Å². The van der Waals surface area contributed by atoms with E-state index in [9.17, 15) is 4.79 Å². The van der Waals surface area contributed by atoms with E-state index >= 15 is 0 Å². The van der Waals surface area contributed by atoms with E-state index in [0.717, 1.165) is 11.1 Å². The Balaban J connectivity index is 1.59. The van der Waals surface area contributed by atoms with Crippen LogP contribution in [0.3, 0.4) is 0 Å². The summed E-state index contributed by atoms with van der Waals surface area (Å²) >= 11 is 12.2. The van der Waals surface area contributed by atoms with Crippen LogP contribution in [0.25, 0.3) is 6.08 Å². The van der Waals surface area contributed by atoms with Crippen LogP contribution in [0.1, 0.15) is 38.2 Å². The highest BCUT2D eigenvalue weighted by molar-refractivity contribution is 6.35. The summed E-state index contributed by atoms with van der Waals surface area (Å²) in [6, 6.07) is 15.0. The number of aryl methyl sites for hydroxylation is 3. The summed E-state index contributed by atoms with van der Waals surface area (Å²) in [5, 5.41) is 0.988. The van der Waals surface area contributed by atoms with Crippen LogP contribution in [0.5, 0.6) is 11.5 Å². The number of ketones is 1. The van der Waals surface area contributed by atoms with E-state index in [1.54, 1.807) is 30.3 Å². The van der Waals surface area contributed by atoms with E-state index in [1.807, 2.05) is 13.0 Å². The molecule has 0 unspecified atom stereocenters. The van der Waals surface area contributed by atoms with Crippen LogP contribution >= 0.6 is 23.2 Å². The predicted molar refractivity (Wildman–Crippen MR) is 121 cm³/mol. The third-order valence-electron chi connectivity index (χ3n) is 5.09. The molecule has 3 aromatic carbocycles. The normalized spacial score (nSPS) is 14.0. The van der Waals surface area contributed by atoms with Gasteiger partial charge >= 0.3 is 0 Å². The van der Waals surface area contributed by atoms with Gasteiger partial charge in [0.05, 0.1) is 5.56 Å². The van der Waals surface area contributed by atoms with Gasteiger partial charge in [-0.15, -0.1) is 0 Å². The lowest BCUT2D eigenvalue weighted by molar-refractivity contribution is 0.101. The zero-order valence-corrected chi connectivity index (χ0v) is 18.4. The number of halogens is 2. The number of carbonyl (C=O) groups excluding carboxylic acids is 1. The number of Topliss-reactive ketones (excluding diaryl/α,β-unsaturated/α-hetero) is 1. The molecule has 30 heavy (non-hydrogen) atoms. The minimum atomic E-state index is -0.172. The van der Waals surface area contributed by atoms with Crippen molar-refractivity contribution in [3.63, 3.8) is 0 Å². The van der Waals surface area contributed by atoms with Crippen LogP contribution in [0, 0.1) is 20.8 Å². The number of ether oxygens (including phenoxy) is 2. The van der Waals surface area contributed by atoms with Crippen molar-refractivity contribution in [1.29, 1.82) is 0 Å². The second kappa shape index (κ2) is 8.17. The summed E-state index contributed by atoms with van der Waals surface area (Å²) in [7, 11) is 0. The molecule has 1 aliphatic heterocycles. The molecule has 1 aliphatic rings. The lowest BCUT2D eigenvalue weighted by Gasteiger charge is -2.11. The first-order valence-corrected chi connectivity index (χ1v) is 10.3. The quantitative estimate of drug-likeness (QED) is 0.406. The average Bonchev–Trinajstić information content (AvgIpc) is 3.00. The maximum absolute atomic E-state index is 12.9. The lowest BCUT2D eigenvalue weighted by atomic mass is 10.0. The van der Waals surface area contributed by atoms with E-state index in [-0.39, 0.29) is 11.5 Å². The summed E-state index contributed by atoms with van der Waals surface area (Å²) in [4.78, 5) is 12.9. The van der Waals surface area contributed by atoms with Gasteiger partial charge in [0, 0.05) is 16.1 Å². The van der Waals surface area contributed by atoms with Crippen molar-refractivity contribution < 1.29 is 14.3 Å². The van der Waals surface area contributed by atoms with Gasteiger partial charge in [-0.25, -0.2) is 0 Å². The molecule has 0 N–H and O–H groups in total. The van der Waals surface area contributed by atoms with Crippen molar-refractivity contribution in [2.75, 3.05) is 0 Å². The van der Waals surface area contributed by atoms with Gasteiger partial charge in [0.2, 0.25) is 5.78 Å². The minimum Gasteiger partial charge on any atom is -0.489 e. The zero-order valence-electron chi connectivity index (χ0n) is 16.9. The molecule has 0 bridgehead atoms. The van der Waals surface area contributed by atoms with E-state index in [4.69, 9.17) is 32.7 Å². The Labute approximate surface area is 185 Å². The molecule has 0 atom stereocenters. The van der Waals surface area contributed by atoms with Crippen LogP contribution in [-0.2, 0) is 6.61 Å². The molecule has 0 amide bonds. The Kier molecular flexibility index (Phi) is 5.59. The molecule has 0 saturated heterocycles. The van der Waals surface area contributed by atoms with E-state index in [1.165, 1.54) is 11.1 Å². The SMILES string of the molecule is Cc1ccc(C)c(COc2cc(C)c3c(c2)O/C(=C\c2ccc(Cl)cc2Cl)C3=O)c1. The smallest absolute Gasteiger partial charge is 0.232 e. The second-order valence-corrected chi connectivity index (χ2v) is 8.28. The number of fused-ring (bicyclic) bond motifs is 1. The van der Waals surface area contributed by atoms with Gasteiger partial charge in [0.1, 0.15) is 18.1 Å². The van der Waals surface area contributed by atoms with Gasteiger partial charge in [-0.2, -0.15) is 0 Å². The highest BCUT2D eigenvalue weighted by Crippen LogP contribution is 2.38. The standard InChI is InChI=1S/C25H20Cl2O3/c1-14-4-5-15(2)18(8-14)13-29-20-9-16(3)24-22(12-20)30-23(25(24)28)10-17-6-7-19(26)11-21(17)27/h4-12H,13H2,1-3H3/b23-10-. The summed E-state index contributed by atoms with van der Waals surface area (Å²) in [6.45, 7) is 6.45. The lowest BCUT2D eigenvalue weighted by Crippen LogP contribution is -2.01. The third-order valence-corrected chi connectivity index (χ3v) is 5.65. The molecule has 3 aromatic rings. The monoisotopic (exact) mass is 438 g/mol. The fraction of sp³-hybridized carbons (Fsp3) is 0.160. The molecular formula is C25H20Cl2O3. The highest BCUT2D eigenvalue weighted by Gasteiger charge is 2.30. The Bertz CT molecular complexity index is 1200. The highest BCUT2D eigenvalue weighted by atomic mass is 35.5. The summed E-state index contributed by atoms with van der Waals surface area (Å²) in [5.74, 6) is 1.21. The van der Waals surface area contributed by atoms with Crippen LogP contribution in [-0.4, -0.2) is 5.78 Å². The van der Waals surface area contributed by atoms with Crippen molar-refractivity contribution in [2.45, 2.75) is 27.4 Å². The first kappa shape index (κ1) is 20.5. The predicted octanol–water partition coefficient (Wildman–Crippen LogP) is 7.11. The molecule has 0 aromatic heterocycles. The largest absolute Gasteiger partial charge is 0.489 e. The van der Waals surface area contributed by atoms with Gasteiger partial charge in [-0.3, -0.25) is 4.79 Å². The van der Waals surface area contributed by atoms with Gasteiger partial charge in [-0.05, 0) is 67.3 Å². The van der Waals surface area contributed by atoms with Crippen molar-refractivity contribution in [2.24, 2.45) is 0 Å². The maximum atomic E-state index is 12.9. The number of allylic oxidation sites excluding steroid dienone is 1. The number of hydrogen-bond acceptors (Lipinski definition) is 3. The van der Waals surface area contributed by atoms with Crippen LogP contribution in [0.15, 0.2) is 54.3 Å². The Morgan fingerprint density at radius 3 is 2.53 bits per heavy atom. The zero-order chi connectivity index (χ0) is 21.4. The van der Waals surface area contributed by atoms with Gasteiger partial charge in [0.25, 0.3) is 0 Å². The molecule has 0 saturated carbocycles. The van der Waals surface area contributed by atoms with Gasteiger partial charge in [0.15, 0.2) is 5.76 Å². The summed E-state index contributed by atoms with van der Waals surface area (Å²) < 4.78 is 11.9. The summed E-state index contributed by atoms with van der Waals surface area (Å²) in [5.41, 5.74) is 5.51. The number of carbonyl (C=O) groups is 1. The topological polar surface area (TPSA) is 35.5 Å². The molecule has 152 valence electrons. The molecule has 4 rings (SSSR count). The van der Waals surface area contributed by atoms with Crippen molar-refractivity contribution in [3.05, 3.63) is 97.7 Å². The number of benzene rings is 3. The fourth-order valence-corrected chi connectivity index (χ4v) is 3.90. The Morgan fingerprint density at radius 1 is 0.967 bits per heavy atom. The molecule has 5 heteroatoms. The fourth-order valence-electron chi connectivity index (χ4n) is 3.44. The first-order chi connectivity index (χ1) is 14.3. The third kappa shape index (κ3) is 4.09. The van der Waals surface area contributed by atoms with E-state index < -0.39 is 0 Å². The molecule has 0 fully saturated rings. The Morgan fingerprint density at radius 2 is 1.77 bits per heavy atom. The number of hydrogen-bond donors (Lipinski definition) is 0. The number of rotatable bonds is 4. The summed E-state index contributed by atoms with van der Waals surface area (Å²) in [6.07, 6.45) is 1.64. The van der Waals surface area contributed by atoms with Gasteiger partial charge in [-0.1, -0.05) is 53.0 Å². The van der Waals surface area contributed by atoms with Crippen LogP contribution < -0.4 is 9.47 Å². The molecule has 3 nitrogen and oxygen atoms in total. The van der Waals surface area contributed by atoms with Crippen molar-refractivity contribution in [1.82, 2.24) is 0 Å². The Hall–Kier alpha value is -2.75. The molecule has 1 heterocycles. The molecular weight excluding hydrogens is 419 g/mol.